The van der Waals surface area contributed by atoms with Crippen molar-refractivity contribution in [3.63, 3.8) is 0 Å². The maximum absolute atomic E-state index is 4.85. The minimum Gasteiger partial charge on any atom is -0.236 e. The molecule has 252 valence electrons. The molecule has 2 heterocycles. The van der Waals surface area contributed by atoms with Gasteiger partial charge in [-0.25, -0.2) is 19.9 Å². The minimum absolute atomic E-state index is 0.692. The fraction of sp³-hybridized carbons (Fsp3) is 0. The van der Waals surface area contributed by atoms with Crippen LogP contribution < -0.4 is 0 Å². The smallest absolute Gasteiger partial charge is 0.159 e. The van der Waals surface area contributed by atoms with Crippen molar-refractivity contribution in [2.45, 2.75) is 0 Å². The molecule has 10 aromatic rings. The summed E-state index contributed by atoms with van der Waals surface area (Å²) in [4.78, 5) is 19.4. The molecule has 0 bridgehead atoms. The lowest BCUT2D eigenvalue weighted by atomic mass is 9.93. The van der Waals surface area contributed by atoms with Crippen LogP contribution in [0.25, 0.3) is 98.9 Å². The molecule has 0 aliphatic carbocycles. The number of rotatable bonds is 4. The summed E-state index contributed by atoms with van der Waals surface area (Å²) in [5.74, 6) is 1.38. The molecule has 0 amide bonds. The van der Waals surface area contributed by atoms with Gasteiger partial charge in [0.25, 0.3) is 0 Å². The first-order valence-electron chi connectivity index (χ1n) is 18.1. The molecule has 0 saturated heterocycles. The van der Waals surface area contributed by atoms with Crippen molar-refractivity contribution in [3.05, 3.63) is 195 Å². The number of aromatic nitrogens is 4. The lowest BCUT2D eigenvalue weighted by Gasteiger charge is -2.12. The number of nitrogens with zero attached hydrogens (tertiary/aromatic N) is 4. The van der Waals surface area contributed by atoms with E-state index in [1.807, 2.05) is 61.2 Å². The molecule has 0 unspecified atom stereocenters. The molecular formula is C50H32N4. The summed E-state index contributed by atoms with van der Waals surface area (Å²) in [7, 11) is 0. The summed E-state index contributed by atoms with van der Waals surface area (Å²) >= 11 is 0. The van der Waals surface area contributed by atoms with Crippen LogP contribution in [-0.2, 0) is 0 Å². The van der Waals surface area contributed by atoms with E-state index < -0.39 is 0 Å². The third-order valence-corrected chi connectivity index (χ3v) is 10.3. The van der Waals surface area contributed by atoms with Crippen molar-refractivity contribution in [3.8, 4) is 45.0 Å². The van der Waals surface area contributed by atoms with Gasteiger partial charge in [0, 0.05) is 47.0 Å². The van der Waals surface area contributed by atoms with Crippen molar-refractivity contribution in [1.29, 1.82) is 0 Å². The van der Waals surface area contributed by atoms with E-state index in [-0.39, 0.29) is 0 Å². The normalized spacial score (nSPS) is 11.3. The fourth-order valence-corrected chi connectivity index (χ4v) is 7.65. The Kier molecular flexibility index (Phi) is 7.77. The topological polar surface area (TPSA) is 51.6 Å². The highest BCUT2D eigenvalue weighted by molar-refractivity contribution is 6.26. The summed E-state index contributed by atoms with van der Waals surface area (Å²) in [6.45, 7) is 0. The van der Waals surface area contributed by atoms with Crippen molar-refractivity contribution in [1.82, 2.24) is 19.9 Å². The zero-order valence-electron chi connectivity index (χ0n) is 29.3. The van der Waals surface area contributed by atoms with Gasteiger partial charge in [0.2, 0.25) is 0 Å². The Morgan fingerprint density at radius 1 is 0.204 bits per heavy atom. The van der Waals surface area contributed by atoms with Crippen LogP contribution in [0.2, 0.25) is 0 Å². The highest BCUT2D eigenvalue weighted by atomic mass is 14.9. The Balaban J connectivity index is 1.25. The Morgan fingerprint density at radius 2 is 0.481 bits per heavy atom. The van der Waals surface area contributed by atoms with Crippen LogP contribution in [-0.4, -0.2) is 19.9 Å². The molecule has 2 aromatic heterocycles. The molecule has 0 N–H and O–H groups in total. The molecule has 54 heavy (non-hydrogen) atoms. The molecule has 0 aliphatic heterocycles. The third-order valence-electron chi connectivity index (χ3n) is 10.3. The Labute approximate surface area is 312 Å². The second-order valence-corrected chi connectivity index (χ2v) is 13.5. The van der Waals surface area contributed by atoms with Gasteiger partial charge in [-0.05, 0) is 77.1 Å². The van der Waals surface area contributed by atoms with Gasteiger partial charge < -0.3 is 0 Å². The van der Waals surface area contributed by atoms with Crippen LogP contribution in [0.15, 0.2) is 195 Å². The van der Waals surface area contributed by atoms with Gasteiger partial charge in [0.15, 0.2) is 11.6 Å². The van der Waals surface area contributed by atoms with Gasteiger partial charge in [-0.15, -0.1) is 0 Å². The van der Waals surface area contributed by atoms with Crippen LogP contribution >= 0.6 is 0 Å². The molecule has 8 aromatic carbocycles. The average Bonchev–Trinajstić information content (AvgIpc) is 3.26. The van der Waals surface area contributed by atoms with E-state index in [0.29, 0.717) is 11.6 Å². The standard InChI is InChI=1S/C50H32N4/c1-3-13-33(14-4-1)37-29-51-49(52-30-37)35-23-25-45-41-19-7-8-20-42(41)46-26-24-36(50-53-31-38(32-54-50)34-15-5-2-6-16-34)28-48(46)44-22-12-10-18-40(44)39-17-9-11-21-43(39)47(45)27-35/h1-32H. The van der Waals surface area contributed by atoms with E-state index >= 15 is 0 Å². The first-order valence-corrected chi connectivity index (χ1v) is 18.1. The van der Waals surface area contributed by atoms with Gasteiger partial charge in [-0.3, -0.25) is 0 Å². The van der Waals surface area contributed by atoms with E-state index in [9.17, 15) is 0 Å². The van der Waals surface area contributed by atoms with Crippen molar-refractivity contribution in [2.24, 2.45) is 0 Å². The van der Waals surface area contributed by atoms with E-state index in [1.165, 1.54) is 0 Å². The SMILES string of the molecule is c1ccc(-c2cnc(-c3ccc4c5ccccc5c5ccc(-c6ncc(-c7ccccc7)cn6)cc5c5ccccc5c5ccccc5c4c3)nc2)cc1. The minimum atomic E-state index is 0.692. The second-order valence-electron chi connectivity index (χ2n) is 13.5. The Hall–Kier alpha value is -7.30. The van der Waals surface area contributed by atoms with Crippen LogP contribution in [0, 0.1) is 0 Å². The maximum atomic E-state index is 4.85. The second kappa shape index (κ2) is 13.4. The first kappa shape index (κ1) is 31.4. The quantitative estimate of drug-likeness (QED) is 0.185. The molecule has 0 fully saturated rings. The number of benzene rings is 7. The predicted molar refractivity (Wildman–Crippen MR) is 225 cm³/mol. The number of fused-ring (bicyclic) bond motifs is 10. The zero-order chi connectivity index (χ0) is 35.8. The molecule has 4 nitrogen and oxygen atoms in total. The molecule has 0 aliphatic rings. The Bertz CT molecular complexity index is 2800. The zero-order valence-corrected chi connectivity index (χ0v) is 29.3. The number of hydrogen-bond acceptors (Lipinski definition) is 4. The Morgan fingerprint density at radius 3 is 0.815 bits per heavy atom. The average molecular weight is 689 g/mol. The maximum Gasteiger partial charge on any atom is 0.159 e. The summed E-state index contributed by atoms with van der Waals surface area (Å²) < 4.78 is 0. The summed E-state index contributed by atoms with van der Waals surface area (Å²) in [5.41, 5.74) is 6.11. The largest absolute Gasteiger partial charge is 0.236 e. The van der Waals surface area contributed by atoms with E-state index in [4.69, 9.17) is 19.9 Å². The van der Waals surface area contributed by atoms with Crippen LogP contribution in [0.1, 0.15) is 0 Å². The lowest BCUT2D eigenvalue weighted by Crippen LogP contribution is -1.91. The molecule has 0 spiro atoms. The van der Waals surface area contributed by atoms with E-state index in [1.54, 1.807) is 0 Å². The van der Waals surface area contributed by atoms with Crippen molar-refractivity contribution in [2.75, 3.05) is 0 Å². The predicted octanol–water partition coefficient (Wildman–Crippen LogP) is 12.8. The summed E-state index contributed by atoms with van der Waals surface area (Å²) in [6.07, 6.45) is 7.65. The highest BCUT2D eigenvalue weighted by Crippen LogP contribution is 2.38. The molecule has 0 saturated carbocycles. The van der Waals surface area contributed by atoms with Gasteiger partial charge in [-0.1, -0.05) is 158 Å². The van der Waals surface area contributed by atoms with Crippen LogP contribution in [0.5, 0.6) is 0 Å². The summed E-state index contributed by atoms with van der Waals surface area (Å²) in [5, 5.41) is 11.5. The monoisotopic (exact) mass is 688 g/mol. The third kappa shape index (κ3) is 5.58. The van der Waals surface area contributed by atoms with E-state index in [0.717, 1.165) is 87.2 Å². The summed E-state index contributed by atoms with van der Waals surface area (Å²) in [6, 6.07) is 60.0. The van der Waals surface area contributed by atoms with Crippen LogP contribution in [0.3, 0.4) is 0 Å². The van der Waals surface area contributed by atoms with E-state index in [2.05, 4.69) is 133 Å². The number of hydrogen-bond donors (Lipinski definition) is 0. The van der Waals surface area contributed by atoms with Gasteiger partial charge in [0.05, 0.1) is 0 Å². The molecule has 0 radical (unpaired) electrons. The molecule has 4 heteroatoms. The van der Waals surface area contributed by atoms with Gasteiger partial charge in [-0.2, -0.15) is 0 Å². The van der Waals surface area contributed by atoms with Crippen LogP contribution in [0.4, 0.5) is 0 Å². The molecule has 0 atom stereocenters. The lowest BCUT2D eigenvalue weighted by molar-refractivity contribution is 1.18. The fourth-order valence-electron chi connectivity index (χ4n) is 7.65. The first-order chi connectivity index (χ1) is 26.8. The van der Waals surface area contributed by atoms with Crippen molar-refractivity contribution >= 4 is 53.9 Å². The van der Waals surface area contributed by atoms with Gasteiger partial charge >= 0.3 is 0 Å². The van der Waals surface area contributed by atoms with Crippen molar-refractivity contribution < 1.29 is 0 Å². The molecular weight excluding hydrogens is 657 g/mol. The molecule has 10 rings (SSSR count). The highest BCUT2D eigenvalue weighted by Gasteiger charge is 2.12. The van der Waals surface area contributed by atoms with Gasteiger partial charge in [0.1, 0.15) is 0 Å².